The average molecular weight is 367 g/mol. The number of ether oxygens (including phenoxy) is 1. The molecule has 0 radical (unpaired) electrons. The molecule has 142 valence electrons. The number of carbonyl (C=O) groups is 1. The Labute approximate surface area is 158 Å². The summed E-state index contributed by atoms with van der Waals surface area (Å²) in [7, 11) is 0. The molecule has 1 amide bonds. The van der Waals surface area contributed by atoms with Gasteiger partial charge in [-0.3, -0.25) is 19.8 Å². The second kappa shape index (κ2) is 7.05. The lowest BCUT2D eigenvalue weighted by Gasteiger charge is -2.37. The SMILES string of the molecule is O=C([C@@H](c1cccnc1)N1CCOCC1)N1CCc2[nH]nc(C3CC3)c2C1. The maximum atomic E-state index is 13.6. The molecule has 0 unspecified atom stereocenters. The molecule has 2 aromatic rings. The van der Waals surface area contributed by atoms with E-state index in [1.807, 2.05) is 23.2 Å². The lowest BCUT2D eigenvalue weighted by atomic mass is 10.00. The summed E-state index contributed by atoms with van der Waals surface area (Å²) in [5.74, 6) is 0.756. The first-order valence-corrected chi connectivity index (χ1v) is 9.88. The van der Waals surface area contributed by atoms with Gasteiger partial charge >= 0.3 is 0 Å². The number of amides is 1. The molecule has 7 heteroatoms. The maximum absolute atomic E-state index is 13.6. The summed E-state index contributed by atoms with van der Waals surface area (Å²) in [6, 6.07) is 3.62. The van der Waals surface area contributed by atoms with E-state index in [0.29, 0.717) is 25.7 Å². The Morgan fingerprint density at radius 3 is 2.85 bits per heavy atom. The van der Waals surface area contributed by atoms with Gasteiger partial charge in [-0.25, -0.2) is 0 Å². The van der Waals surface area contributed by atoms with Crippen LogP contribution in [-0.4, -0.2) is 63.7 Å². The van der Waals surface area contributed by atoms with Gasteiger partial charge in [0, 0.05) is 62.2 Å². The highest BCUT2D eigenvalue weighted by molar-refractivity contribution is 5.83. The molecule has 0 spiro atoms. The zero-order valence-corrected chi connectivity index (χ0v) is 15.4. The maximum Gasteiger partial charge on any atom is 0.244 e. The standard InChI is InChI=1S/C20H25N5O2/c26-20(19(15-2-1-6-21-12-15)24-8-10-27-11-9-24)25-7-5-17-16(13-25)18(23-22-17)14-3-4-14/h1-2,6,12,14,19H,3-5,7-11,13H2,(H,22,23)/t19-/m1/s1. The smallest absolute Gasteiger partial charge is 0.244 e. The van der Waals surface area contributed by atoms with Gasteiger partial charge in [0.25, 0.3) is 0 Å². The predicted molar refractivity (Wildman–Crippen MR) is 99.1 cm³/mol. The van der Waals surface area contributed by atoms with Crippen molar-refractivity contribution in [1.82, 2.24) is 25.0 Å². The number of aromatic nitrogens is 3. The van der Waals surface area contributed by atoms with E-state index in [2.05, 4.69) is 20.1 Å². The Morgan fingerprint density at radius 1 is 1.26 bits per heavy atom. The quantitative estimate of drug-likeness (QED) is 0.889. The first kappa shape index (κ1) is 16.9. The topological polar surface area (TPSA) is 74.4 Å². The van der Waals surface area contributed by atoms with E-state index in [0.717, 1.165) is 31.6 Å². The van der Waals surface area contributed by atoms with Crippen LogP contribution in [0, 0.1) is 0 Å². The fraction of sp³-hybridized carbons (Fsp3) is 0.550. The second-order valence-corrected chi connectivity index (χ2v) is 7.69. The van der Waals surface area contributed by atoms with Crippen LogP contribution in [0.3, 0.4) is 0 Å². The third-order valence-electron chi connectivity index (χ3n) is 5.89. The Morgan fingerprint density at radius 2 is 2.11 bits per heavy atom. The highest BCUT2D eigenvalue weighted by atomic mass is 16.5. The number of morpholine rings is 1. The molecule has 2 aliphatic heterocycles. The first-order chi connectivity index (χ1) is 13.3. The van der Waals surface area contributed by atoms with Gasteiger partial charge in [-0.2, -0.15) is 5.10 Å². The van der Waals surface area contributed by atoms with Crippen molar-refractivity contribution in [2.24, 2.45) is 0 Å². The molecule has 1 aliphatic carbocycles. The van der Waals surface area contributed by atoms with Crippen molar-refractivity contribution in [2.75, 3.05) is 32.8 Å². The van der Waals surface area contributed by atoms with E-state index in [4.69, 9.17) is 4.74 Å². The monoisotopic (exact) mass is 367 g/mol. The Hall–Kier alpha value is -2.25. The molecule has 2 fully saturated rings. The van der Waals surface area contributed by atoms with Gasteiger partial charge in [0.15, 0.2) is 0 Å². The van der Waals surface area contributed by atoms with Crippen molar-refractivity contribution in [3.05, 3.63) is 47.0 Å². The van der Waals surface area contributed by atoms with Gasteiger partial charge in [-0.1, -0.05) is 6.07 Å². The Balaban J connectivity index is 1.42. The molecule has 7 nitrogen and oxygen atoms in total. The van der Waals surface area contributed by atoms with Crippen LogP contribution < -0.4 is 0 Å². The molecule has 0 bridgehead atoms. The number of fused-ring (bicyclic) bond motifs is 1. The van der Waals surface area contributed by atoms with Crippen LogP contribution in [0.5, 0.6) is 0 Å². The summed E-state index contributed by atoms with van der Waals surface area (Å²) >= 11 is 0. The van der Waals surface area contributed by atoms with Crippen molar-refractivity contribution >= 4 is 5.91 Å². The summed E-state index contributed by atoms with van der Waals surface area (Å²) in [4.78, 5) is 22.1. The summed E-state index contributed by atoms with van der Waals surface area (Å²) in [5, 5.41) is 7.75. The van der Waals surface area contributed by atoms with E-state index < -0.39 is 0 Å². The van der Waals surface area contributed by atoms with Gasteiger partial charge in [0.2, 0.25) is 5.91 Å². The zero-order valence-electron chi connectivity index (χ0n) is 15.4. The Bertz CT molecular complexity index is 811. The number of hydrogen-bond acceptors (Lipinski definition) is 5. The minimum Gasteiger partial charge on any atom is -0.379 e. The molecule has 0 aromatic carbocycles. The molecule has 27 heavy (non-hydrogen) atoms. The van der Waals surface area contributed by atoms with Crippen LogP contribution in [0.15, 0.2) is 24.5 Å². The number of hydrogen-bond donors (Lipinski definition) is 1. The lowest BCUT2D eigenvalue weighted by Crippen LogP contribution is -2.48. The number of carbonyl (C=O) groups excluding carboxylic acids is 1. The van der Waals surface area contributed by atoms with Crippen molar-refractivity contribution in [3.63, 3.8) is 0 Å². The normalized spacial score (nSPS) is 21.7. The van der Waals surface area contributed by atoms with E-state index in [1.54, 1.807) is 6.20 Å². The van der Waals surface area contributed by atoms with E-state index in [1.165, 1.54) is 29.8 Å². The molecule has 1 N–H and O–H groups in total. The van der Waals surface area contributed by atoms with Crippen LogP contribution in [0.2, 0.25) is 0 Å². The van der Waals surface area contributed by atoms with Crippen molar-refractivity contribution in [3.8, 4) is 0 Å². The van der Waals surface area contributed by atoms with Gasteiger partial charge in [-0.15, -0.1) is 0 Å². The number of nitrogens with one attached hydrogen (secondary N) is 1. The van der Waals surface area contributed by atoms with E-state index in [9.17, 15) is 4.79 Å². The van der Waals surface area contributed by atoms with Crippen LogP contribution in [0.25, 0.3) is 0 Å². The largest absolute Gasteiger partial charge is 0.379 e. The molecule has 4 heterocycles. The van der Waals surface area contributed by atoms with Crippen molar-refractivity contribution < 1.29 is 9.53 Å². The summed E-state index contributed by atoms with van der Waals surface area (Å²) < 4.78 is 5.50. The number of H-pyrrole nitrogens is 1. The average Bonchev–Trinajstić information content (AvgIpc) is 3.48. The molecular weight excluding hydrogens is 342 g/mol. The molecule has 1 saturated heterocycles. The van der Waals surface area contributed by atoms with Crippen molar-refractivity contribution in [1.29, 1.82) is 0 Å². The molecule has 5 rings (SSSR count). The number of nitrogens with zero attached hydrogens (tertiary/aromatic N) is 4. The lowest BCUT2D eigenvalue weighted by molar-refractivity contribution is -0.140. The molecular formula is C20H25N5O2. The van der Waals surface area contributed by atoms with Gasteiger partial charge in [-0.05, 0) is 24.5 Å². The number of aromatic amines is 1. The van der Waals surface area contributed by atoms with E-state index in [-0.39, 0.29) is 11.9 Å². The molecule has 1 saturated carbocycles. The van der Waals surface area contributed by atoms with Gasteiger partial charge in [0.1, 0.15) is 6.04 Å². The fourth-order valence-electron chi connectivity index (χ4n) is 4.26. The molecule has 2 aromatic heterocycles. The van der Waals surface area contributed by atoms with Gasteiger partial charge < -0.3 is 9.64 Å². The first-order valence-electron chi connectivity index (χ1n) is 9.88. The number of rotatable bonds is 4. The fourth-order valence-corrected chi connectivity index (χ4v) is 4.26. The summed E-state index contributed by atoms with van der Waals surface area (Å²) in [6.07, 6.45) is 6.87. The third kappa shape index (κ3) is 3.26. The van der Waals surface area contributed by atoms with Gasteiger partial charge in [0.05, 0.1) is 18.9 Å². The minimum absolute atomic E-state index is 0.165. The zero-order chi connectivity index (χ0) is 18.2. The van der Waals surface area contributed by atoms with Crippen LogP contribution in [-0.2, 0) is 22.5 Å². The summed E-state index contributed by atoms with van der Waals surface area (Å²) in [6.45, 7) is 4.27. The molecule has 3 aliphatic rings. The third-order valence-corrected chi connectivity index (χ3v) is 5.89. The minimum atomic E-state index is -0.291. The van der Waals surface area contributed by atoms with E-state index >= 15 is 0 Å². The molecule has 1 atom stereocenters. The predicted octanol–water partition coefficient (Wildman–Crippen LogP) is 1.64. The highest BCUT2D eigenvalue weighted by Gasteiger charge is 2.37. The van der Waals surface area contributed by atoms with Crippen molar-refractivity contribution in [2.45, 2.75) is 37.8 Å². The second-order valence-electron chi connectivity index (χ2n) is 7.69. The summed E-state index contributed by atoms with van der Waals surface area (Å²) in [5.41, 5.74) is 4.62. The van der Waals surface area contributed by atoms with Crippen LogP contribution >= 0.6 is 0 Å². The highest BCUT2D eigenvalue weighted by Crippen LogP contribution is 2.42. The Kier molecular flexibility index (Phi) is 4.41. The van der Waals surface area contributed by atoms with Crippen LogP contribution in [0.1, 0.15) is 47.3 Å². The van der Waals surface area contributed by atoms with Crippen LogP contribution in [0.4, 0.5) is 0 Å². The number of pyridine rings is 1.